The third-order valence-electron chi connectivity index (χ3n) is 4.33. The summed E-state index contributed by atoms with van der Waals surface area (Å²) in [7, 11) is 0. The van der Waals surface area contributed by atoms with Crippen molar-refractivity contribution in [1.29, 1.82) is 0 Å². The first kappa shape index (κ1) is 16.5. The first-order valence-electron chi connectivity index (χ1n) is 8.41. The highest BCUT2D eigenvalue weighted by atomic mass is 32.1. The Morgan fingerprint density at radius 3 is 2.68 bits per heavy atom. The van der Waals surface area contributed by atoms with Crippen LogP contribution in [0.4, 0.5) is 15.9 Å². The van der Waals surface area contributed by atoms with Crippen LogP contribution in [0.25, 0.3) is 31.6 Å². The Balaban J connectivity index is 1.59. The summed E-state index contributed by atoms with van der Waals surface area (Å²) in [5, 5.41) is 19.8. The number of hydrogen-bond acceptors (Lipinski definition) is 6. The summed E-state index contributed by atoms with van der Waals surface area (Å²) in [6.07, 6.45) is 1.44. The lowest BCUT2D eigenvalue weighted by atomic mass is 10.2. The Hall–Kier alpha value is -3.65. The smallest absolute Gasteiger partial charge is 0.218 e. The van der Waals surface area contributed by atoms with E-state index in [4.69, 9.17) is 0 Å². The Bertz CT molecular complexity index is 1340. The number of aromatic amines is 1. The zero-order chi connectivity index (χ0) is 19.1. The predicted molar refractivity (Wildman–Crippen MR) is 107 cm³/mol. The normalized spacial score (nSPS) is 11.8. The van der Waals surface area contributed by atoms with Crippen molar-refractivity contribution in [2.75, 3.05) is 0 Å². The summed E-state index contributed by atoms with van der Waals surface area (Å²) >= 11 is 1.55. The number of benzene rings is 2. The molecule has 3 aromatic heterocycles. The maximum atomic E-state index is 13.4. The molecular formula is C20H12FN5OS. The molecule has 5 aromatic rings. The number of thiophene rings is 1. The molecule has 0 radical (unpaired) electrons. The van der Waals surface area contributed by atoms with Gasteiger partial charge in [0.25, 0.3) is 0 Å². The highest BCUT2D eigenvalue weighted by Crippen LogP contribution is 2.39. The number of halogens is 1. The summed E-state index contributed by atoms with van der Waals surface area (Å²) in [6, 6.07) is 16.1. The van der Waals surface area contributed by atoms with E-state index in [0.29, 0.717) is 16.7 Å². The van der Waals surface area contributed by atoms with Crippen molar-refractivity contribution in [3.8, 4) is 16.3 Å². The summed E-state index contributed by atoms with van der Waals surface area (Å²) in [4.78, 5) is 13.1. The summed E-state index contributed by atoms with van der Waals surface area (Å²) in [6.45, 7) is 0. The molecule has 0 atom stereocenters. The van der Waals surface area contributed by atoms with Crippen LogP contribution in [0.5, 0.6) is 5.88 Å². The molecule has 0 spiro atoms. The average molecular weight is 389 g/mol. The van der Waals surface area contributed by atoms with Crippen LogP contribution in [0.1, 0.15) is 0 Å². The van der Waals surface area contributed by atoms with Crippen LogP contribution < -0.4 is 0 Å². The van der Waals surface area contributed by atoms with Gasteiger partial charge in [-0.05, 0) is 29.8 Å². The number of hydrogen-bond donors (Lipinski definition) is 2. The van der Waals surface area contributed by atoms with Crippen molar-refractivity contribution < 1.29 is 9.50 Å². The van der Waals surface area contributed by atoms with Gasteiger partial charge in [0.15, 0.2) is 11.5 Å². The Morgan fingerprint density at radius 2 is 1.82 bits per heavy atom. The van der Waals surface area contributed by atoms with E-state index in [1.807, 2.05) is 36.4 Å². The largest absolute Gasteiger partial charge is 0.493 e. The van der Waals surface area contributed by atoms with Gasteiger partial charge in [-0.15, -0.1) is 21.6 Å². The van der Waals surface area contributed by atoms with Gasteiger partial charge in [0, 0.05) is 10.3 Å². The van der Waals surface area contributed by atoms with Crippen LogP contribution >= 0.6 is 11.3 Å². The molecule has 8 heteroatoms. The van der Waals surface area contributed by atoms with E-state index in [1.54, 1.807) is 17.4 Å². The minimum atomic E-state index is -0.401. The molecule has 2 aromatic carbocycles. The molecule has 0 aliphatic heterocycles. The first-order chi connectivity index (χ1) is 13.7. The van der Waals surface area contributed by atoms with E-state index < -0.39 is 5.82 Å². The third kappa shape index (κ3) is 2.80. The van der Waals surface area contributed by atoms with E-state index >= 15 is 0 Å². The molecule has 28 heavy (non-hydrogen) atoms. The van der Waals surface area contributed by atoms with Gasteiger partial charge < -0.3 is 10.1 Å². The number of nitrogens with one attached hydrogen (secondary N) is 1. The molecule has 0 fully saturated rings. The SMILES string of the molecule is Oc1[nH]c2cc(F)ccc2c1N=Nc1ncnc2sc(-c3ccccc3)cc12. The fourth-order valence-corrected chi connectivity index (χ4v) is 4.01. The van der Waals surface area contributed by atoms with E-state index in [2.05, 4.69) is 25.2 Å². The number of aromatic nitrogens is 3. The number of H-pyrrole nitrogens is 1. The molecule has 0 saturated carbocycles. The average Bonchev–Trinajstić information content (AvgIpc) is 3.27. The first-order valence-corrected chi connectivity index (χ1v) is 9.22. The minimum absolute atomic E-state index is 0.176. The zero-order valence-corrected chi connectivity index (χ0v) is 15.1. The molecule has 0 aliphatic rings. The maximum absolute atomic E-state index is 13.4. The van der Waals surface area contributed by atoms with Gasteiger partial charge >= 0.3 is 0 Å². The molecule has 3 heterocycles. The summed E-state index contributed by atoms with van der Waals surface area (Å²) < 4.78 is 13.4. The second-order valence-corrected chi connectivity index (χ2v) is 7.14. The Morgan fingerprint density at radius 1 is 0.964 bits per heavy atom. The molecule has 5 rings (SSSR count). The van der Waals surface area contributed by atoms with Gasteiger partial charge in [-0.2, -0.15) is 0 Å². The summed E-state index contributed by atoms with van der Waals surface area (Å²) in [5.74, 6) is -0.175. The molecule has 0 saturated heterocycles. The van der Waals surface area contributed by atoms with Crippen LogP contribution in [0.3, 0.4) is 0 Å². The second-order valence-electron chi connectivity index (χ2n) is 6.10. The lowest BCUT2D eigenvalue weighted by molar-refractivity contribution is 0.459. The number of nitrogens with zero attached hydrogens (tertiary/aromatic N) is 4. The van der Waals surface area contributed by atoms with E-state index in [-0.39, 0.29) is 11.6 Å². The highest BCUT2D eigenvalue weighted by molar-refractivity contribution is 7.21. The van der Waals surface area contributed by atoms with Gasteiger partial charge in [-0.1, -0.05) is 30.3 Å². The van der Waals surface area contributed by atoms with E-state index in [0.717, 1.165) is 20.7 Å². The van der Waals surface area contributed by atoms with Crippen LogP contribution in [0.15, 0.2) is 71.2 Å². The van der Waals surface area contributed by atoms with Gasteiger partial charge in [0.2, 0.25) is 5.88 Å². The topological polar surface area (TPSA) is 86.5 Å². The van der Waals surface area contributed by atoms with E-state index in [9.17, 15) is 9.50 Å². The third-order valence-corrected chi connectivity index (χ3v) is 5.42. The molecule has 6 nitrogen and oxygen atoms in total. The minimum Gasteiger partial charge on any atom is -0.493 e. The predicted octanol–water partition coefficient (Wildman–Crippen LogP) is 6.10. The lowest BCUT2D eigenvalue weighted by Crippen LogP contribution is -1.77. The second kappa shape index (κ2) is 6.50. The fraction of sp³-hybridized carbons (Fsp3) is 0. The van der Waals surface area contributed by atoms with Gasteiger partial charge in [0.1, 0.15) is 17.0 Å². The van der Waals surface area contributed by atoms with Crippen molar-refractivity contribution in [1.82, 2.24) is 15.0 Å². The van der Waals surface area contributed by atoms with Crippen molar-refractivity contribution in [3.63, 3.8) is 0 Å². The molecule has 2 N–H and O–H groups in total. The zero-order valence-electron chi connectivity index (χ0n) is 14.3. The summed E-state index contributed by atoms with van der Waals surface area (Å²) in [5.41, 5.74) is 1.77. The van der Waals surface area contributed by atoms with Crippen molar-refractivity contribution in [2.45, 2.75) is 0 Å². The van der Waals surface area contributed by atoms with Gasteiger partial charge in [-0.25, -0.2) is 14.4 Å². The number of azo groups is 1. The van der Waals surface area contributed by atoms with Crippen LogP contribution in [0.2, 0.25) is 0 Å². The van der Waals surface area contributed by atoms with Gasteiger partial charge in [-0.3, -0.25) is 0 Å². The monoisotopic (exact) mass is 389 g/mol. The van der Waals surface area contributed by atoms with Crippen molar-refractivity contribution >= 4 is 44.0 Å². The Labute approximate surface area is 162 Å². The molecular weight excluding hydrogens is 377 g/mol. The highest BCUT2D eigenvalue weighted by Gasteiger charge is 2.13. The molecule has 0 bridgehead atoms. The fourth-order valence-electron chi connectivity index (χ4n) is 3.01. The van der Waals surface area contributed by atoms with Crippen LogP contribution in [-0.4, -0.2) is 20.1 Å². The molecule has 0 aliphatic carbocycles. The number of aromatic hydroxyl groups is 1. The van der Waals surface area contributed by atoms with Gasteiger partial charge in [0.05, 0.1) is 10.9 Å². The molecule has 0 unspecified atom stereocenters. The van der Waals surface area contributed by atoms with Crippen molar-refractivity contribution in [3.05, 3.63) is 66.7 Å². The standard InChI is InChI=1S/C20H12FN5OS/c21-12-6-7-13-15(8-12)24-19(27)17(13)25-26-18-14-9-16(11-4-2-1-3-5-11)28-20(14)23-10-22-18/h1-10,24,27H. The van der Waals surface area contributed by atoms with Crippen LogP contribution in [0, 0.1) is 5.82 Å². The quantitative estimate of drug-likeness (QED) is 0.366. The molecule has 136 valence electrons. The lowest BCUT2D eigenvalue weighted by Gasteiger charge is -1.94. The van der Waals surface area contributed by atoms with Crippen LogP contribution in [-0.2, 0) is 0 Å². The van der Waals surface area contributed by atoms with E-state index in [1.165, 1.54) is 18.5 Å². The molecule has 0 amide bonds. The van der Waals surface area contributed by atoms with Crippen molar-refractivity contribution in [2.24, 2.45) is 10.2 Å². The number of rotatable bonds is 3. The maximum Gasteiger partial charge on any atom is 0.218 e. The number of fused-ring (bicyclic) bond motifs is 2. The Kier molecular flexibility index (Phi) is 3.84.